The fraction of sp³-hybridized carbons (Fsp3) is 0.171. The van der Waals surface area contributed by atoms with Gasteiger partial charge in [-0.1, -0.05) is 158 Å². The lowest BCUT2D eigenvalue weighted by molar-refractivity contribution is 0.455. The molecule has 0 aliphatic heterocycles. The van der Waals surface area contributed by atoms with Gasteiger partial charge in [-0.15, -0.1) is 0 Å². The molecule has 2 nitrogen and oxygen atoms in total. The van der Waals surface area contributed by atoms with Gasteiger partial charge in [0.2, 0.25) is 0 Å². The van der Waals surface area contributed by atoms with E-state index in [9.17, 15) is 0 Å². The summed E-state index contributed by atoms with van der Waals surface area (Å²) in [4.78, 5) is 0. The molecule has 0 radical (unpaired) electrons. The number of rotatable bonds is 9. The number of nitrogens with two attached hydrogens (primary N) is 1. The predicted octanol–water partition coefficient (Wildman–Crippen LogP) is 9.15. The first-order chi connectivity index (χ1) is 21.0. The minimum atomic E-state index is -0.618. The number of aryl methyl sites for hydroxylation is 1. The van der Waals surface area contributed by atoms with Crippen LogP contribution < -0.4 is 11.1 Å². The molecule has 3 aliphatic carbocycles. The average Bonchev–Trinajstić information content (AvgIpc) is 3.85. The molecule has 0 bridgehead atoms. The van der Waals surface area contributed by atoms with Gasteiger partial charge in [0.05, 0.1) is 11.7 Å². The van der Waals surface area contributed by atoms with Gasteiger partial charge in [-0.3, -0.25) is 5.32 Å². The molecular formula is C41H42N2. The average molecular weight is 563 g/mol. The zero-order valence-corrected chi connectivity index (χ0v) is 25.1. The highest BCUT2D eigenvalue weighted by Gasteiger charge is 2.30. The highest BCUT2D eigenvalue weighted by molar-refractivity contribution is 5.79. The third-order valence-electron chi connectivity index (χ3n) is 8.06. The Labute approximate surface area is 257 Å². The molecule has 0 spiro atoms. The number of hydrogen-bond acceptors (Lipinski definition) is 2. The predicted molar refractivity (Wildman–Crippen MR) is 186 cm³/mol. The Balaban J connectivity index is 1.44. The van der Waals surface area contributed by atoms with E-state index >= 15 is 0 Å². The lowest BCUT2D eigenvalue weighted by Crippen LogP contribution is -2.50. The van der Waals surface area contributed by atoms with Crippen molar-refractivity contribution in [2.75, 3.05) is 0 Å². The molecule has 2 heteroatoms. The summed E-state index contributed by atoms with van der Waals surface area (Å²) in [6.07, 6.45) is 42.6. The monoisotopic (exact) mass is 562 g/mol. The standard InChI is InChI=1S/C41H42N2/c1-32(22-26-35-18-14-15-21-37(35)30-34-24-25-34)39-31-38(27-23-33(39)2)41(28-16-10-11-17-29-41)43-40(42)36-19-12-8-6-4-3-5-7-9-13-20-36/h3-23,26-29,31,34,40,43H,1,24-25,30,42H2,2H3/b4-3-,5-3?,6-4?,7-5-,8-6+,9-7?,12-8?,13-9-,19-12?,20-13?,26-22-,36-19?,36-20?. The molecule has 1 unspecified atom stereocenters. The molecule has 5 rings (SSSR count). The second-order valence-corrected chi connectivity index (χ2v) is 11.4. The molecule has 3 aliphatic rings. The molecule has 1 atom stereocenters. The molecule has 0 amide bonds. The summed E-state index contributed by atoms with van der Waals surface area (Å²) in [5, 5.41) is 3.75. The Kier molecular flexibility index (Phi) is 10.2. The van der Waals surface area contributed by atoms with Crippen LogP contribution in [-0.2, 0) is 12.0 Å². The topological polar surface area (TPSA) is 38.0 Å². The quantitative estimate of drug-likeness (QED) is 0.236. The fourth-order valence-corrected chi connectivity index (χ4v) is 5.38. The van der Waals surface area contributed by atoms with Gasteiger partial charge in [-0.2, -0.15) is 0 Å². The van der Waals surface area contributed by atoms with Crippen LogP contribution in [0.25, 0.3) is 11.6 Å². The maximum Gasteiger partial charge on any atom is 0.0828 e. The number of benzene rings is 2. The summed E-state index contributed by atoms with van der Waals surface area (Å²) in [6.45, 7) is 6.64. The van der Waals surface area contributed by atoms with E-state index in [2.05, 4.69) is 110 Å². The van der Waals surface area contributed by atoms with Crippen molar-refractivity contribution in [3.05, 3.63) is 192 Å². The van der Waals surface area contributed by atoms with E-state index in [1.807, 2.05) is 66.8 Å². The summed E-state index contributed by atoms with van der Waals surface area (Å²) in [5.41, 5.74) is 14.4. The van der Waals surface area contributed by atoms with Crippen molar-refractivity contribution in [1.82, 2.24) is 5.32 Å². The zero-order chi connectivity index (χ0) is 29.9. The minimum Gasteiger partial charge on any atom is -0.312 e. The van der Waals surface area contributed by atoms with E-state index in [4.69, 9.17) is 5.73 Å². The number of nitrogens with one attached hydrogen (secondary N) is 1. The SMILES string of the molecule is C=C(/C=C\c1ccccc1CC1CC1)c1cc(C2(NC(N)C3=C\C=C/C=C\C=C/C=C/C=C3)C=CC=CC=C2)ccc1C. The summed E-state index contributed by atoms with van der Waals surface area (Å²) < 4.78 is 0. The molecule has 216 valence electrons. The van der Waals surface area contributed by atoms with Gasteiger partial charge in [0, 0.05) is 0 Å². The molecule has 2 aromatic carbocycles. The maximum absolute atomic E-state index is 6.89. The molecule has 0 aromatic heterocycles. The van der Waals surface area contributed by atoms with Crippen LogP contribution in [0.2, 0.25) is 0 Å². The van der Waals surface area contributed by atoms with Gasteiger partial charge >= 0.3 is 0 Å². The third-order valence-corrected chi connectivity index (χ3v) is 8.06. The van der Waals surface area contributed by atoms with Crippen molar-refractivity contribution < 1.29 is 0 Å². The van der Waals surface area contributed by atoms with Crippen molar-refractivity contribution in [1.29, 1.82) is 0 Å². The van der Waals surface area contributed by atoms with E-state index in [1.165, 1.54) is 29.5 Å². The summed E-state index contributed by atoms with van der Waals surface area (Å²) >= 11 is 0. The second kappa shape index (κ2) is 14.6. The van der Waals surface area contributed by atoms with Gasteiger partial charge in [-0.05, 0) is 77.1 Å². The van der Waals surface area contributed by atoms with Crippen molar-refractivity contribution in [3.8, 4) is 0 Å². The first kappa shape index (κ1) is 30.0. The second-order valence-electron chi connectivity index (χ2n) is 11.4. The van der Waals surface area contributed by atoms with Crippen LogP contribution in [0.4, 0.5) is 0 Å². The number of hydrogen-bond donors (Lipinski definition) is 2. The maximum atomic E-state index is 6.89. The van der Waals surface area contributed by atoms with Crippen LogP contribution in [0.5, 0.6) is 0 Å². The molecule has 43 heavy (non-hydrogen) atoms. The lowest BCUT2D eigenvalue weighted by atomic mass is 9.85. The van der Waals surface area contributed by atoms with Crippen molar-refractivity contribution in [2.45, 2.75) is 37.9 Å². The Hall–Kier alpha value is -4.50. The molecule has 3 N–H and O–H groups in total. The Morgan fingerprint density at radius 1 is 0.884 bits per heavy atom. The summed E-state index contributed by atoms with van der Waals surface area (Å²) in [7, 11) is 0. The summed E-state index contributed by atoms with van der Waals surface area (Å²) in [6, 6.07) is 15.4. The molecule has 2 aromatic rings. The van der Waals surface area contributed by atoms with Crippen LogP contribution in [0, 0.1) is 12.8 Å². The van der Waals surface area contributed by atoms with Crippen LogP contribution in [-0.4, -0.2) is 6.17 Å². The van der Waals surface area contributed by atoms with Gasteiger partial charge < -0.3 is 5.73 Å². The third kappa shape index (κ3) is 8.29. The molecule has 1 saturated carbocycles. The molecule has 0 heterocycles. The van der Waals surface area contributed by atoms with Gasteiger partial charge in [-0.25, -0.2) is 0 Å². The highest BCUT2D eigenvalue weighted by Crippen LogP contribution is 2.34. The Morgan fingerprint density at radius 2 is 1.53 bits per heavy atom. The minimum absolute atomic E-state index is 0.431. The molecule has 1 fully saturated rings. The van der Waals surface area contributed by atoms with E-state index in [0.717, 1.165) is 34.6 Å². The highest BCUT2D eigenvalue weighted by atomic mass is 15.1. The van der Waals surface area contributed by atoms with Crippen molar-refractivity contribution >= 4 is 11.6 Å². The van der Waals surface area contributed by atoms with Crippen LogP contribution >= 0.6 is 0 Å². The van der Waals surface area contributed by atoms with E-state index < -0.39 is 11.7 Å². The van der Waals surface area contributed by atoms with Gasteiger partial charge in [0.1, 0.15) is 0 Å². The largest absolute Gasteiger partial charge is 0.312 e. The molecule has 0 saturated heterocycles. The van der Waals surface area contributed by atoms with E-state index in [0.29, 0.717) is 0 Å². The normalized spacial score (nSPS) is 21.3. The van der Waals surface area contributed by atoms with Crippen molar-refractivity contribution in [3.63, 3.8) is 0 Å². The van der Waals surface area contributed by atoms with Crippen LogP contribution in [0.1, 0.15) is 40.7 Å². The van der Waals surface area contributed by atoms with Crippen molar-refractivity contribution in [2.24, 2.45) is 11.7 Å². The number of allylic oxidation sites excluding steroid dienone is 16. The van der Waals surface area contributed by atoms with Gasteiger partial charge in [0.15, 0.2) is 0 Å². The fourth-order valence-electron chi connectivity index (χ4n) is 5.38. The summed E-state index contributed by atoms with van der Waals surface area (Å²) in [5.74, 6) is 0.847. The van der Waals surface area contributed by atoms with Crippen LogP contribution in [0.3, 0.4) is 0 Å². The first-order valence-corrected chi connectivity index (χ1v) is 15.2. The first-order valence-electron chi connectivity index (χ1n) is 15.2. The molecular weight excluding hydrogens is 520 g/mol. The smallest absolute Gasteiger partial charge is 0.0828 e. The van der Waals surface area contributed by atoms with E-state index in [-0.39, 0.29) is 0 Å². The zero-order valence-electron chi connectivity index (χ0n) is 25.1. The van der Waals surface area contributed by atoms with Gasteiger partial charge in [0.25, 0.3) is 0 Å². The van der Waals surface area contributed by atoms with Crippen LogP contribution in [0.15, 0.2) is 164 Å². The Bertz CT molecular complexity index is 1590. The lowest BCUT2D eigenvalue weighted by Gasteiger charge is -2.34. The Morgan fingerprint density at radius 3 is 2.26 bits per heavy atom. The van der Waals surface area contributed by atoms with E-state index in [1.54, 1.807) is 0 Å².